The van der Waals surface area contributed by atoms with Crippen molar-refractivity contribution in [3.05, 3.63) is 394 Å². The third kappa shape index (κ3) is 25.0. The lowest BCUT2D eigenvalue weighted by Crippen LogP contribution is -2.14. The zero-order valence-electron chi connectivity index (χ0n) is 74.2. The second-order valence-electron chi connectivity index (χ2n) is 31.2. The third-order valence-corrected chi connectivity index (χ3v) is 22.5. The van der Waals surface area contributed by atoms with Crippen molar-refractivity contribution in [1.29, 1.82) is 0 Å². The van der Waals surface area contributed by atoms with Crippen LogP contribution in [0.3, 0.4) is 0 Å². The van der Waals surface area contributed by atoms with Crippen LogP contribution >= 0.6 is 46.4 Å². The van der Waals surface area contributed by atoms with E-state index in [9.17, 15) is 59.0 Å². The number of methoxy groups -OCH3 is 2. The molecule has 7 amide bonds. The molecule has 0 saturated heterocycles. The van der Waals surface area contributed by atoms with Gasteiger partial charge < -0.3 is 62.0 Å². The Labute approximate surface area is 826 Å². The van der Waals surface area contributed by atoms with Crippen LogP contribution in [0.4, 0.5) is 79.6 Å². The summed E-state index contributed by atoms with van der Waals surface area (Å²) < 4.78 is 10.7. The summed E-state index contributed by atoms with van der Waals surface area (Å²) in [5, 5.41) is 95.3. The van der Waals surface area contributed by atoms with E-state index in [-0.39, 0.29) is 119 Å². The summed E-state index contributed by atoms with van der Waals surface area (Å²) in [6, 6.07) is 80.3. The van der Waals surface area contributed by atoms with Crippen molar-refractivity contribution in [2.45, 2.75) is 63.8 Å². The van der Waals surface area contributed by atoms with Crippen molar-refractivity contribution in [1.82, 2.24) is 0 Å². The zero-order chi connectivity index (χ0) is 97.4. The van der Waals surface area contributed by atoms with Gasteiger partial charge in [0.05, 0.1) is 46.9 Å². The quantitative estimate of drug-likeness (QED) is 0.0162. The van der Waals surface area contributed by atoms with Gasteiger partial charge in [0.25, 0.3) is 47.0 Å². The highest BCUT2D eigenvalue weighted by atomic mass is 35.5. The summed E-state index contributed by atoms with van der Waals surface area (Å²) in [4.78, 5) is 104. The van der Waals surface area contributed by atoms with Crippen molar-refractivity contribution in [3.8, 4) is 28.7 Å². The van der Waals surface area contributed by atoms with Gasteiger partial charge in [0.1, 0.15) is 39.9 Å². The number of fused-ring (bicyclic) bond motifs is 3. The number of benzene rings is 16. The molecule has 32 heteroatoms. The van der Waals surface area contributed by atoms with E-state index in [0.29, 0.717) is 115 Å². The molecule has 0 unspecified atom stereocenters. The summed E-state index contributed by atoms with van der Waals surface area (Å²) in [7, 11) is 2.79. The summed E-state index contributed by atoms with van der Waals surface area (Å²) in [6.07, 6.45) is 0. The van der Waals surface area contributed by atoms with Crippen LogP contribution in [0.5, 0.6) is 28.7 Å². The highest BCUT2D eigenvalue weighted by Gasteiger charge is 2.27. The minimum Gasteiger partial charge on any atom is -0.505 e. The van der Waals surface area contributed by atoms with E-state index < -0.39 is 40.1 Å². The molecule has 0 aliphatic rings. The molecule has 0 heterocycles. The molecule has 0 spiro atoms. The number of nitro benzene ring substituents is 1. The molecule has 0 aromatic heterocycles. The van der Waals surface area contributed by atoms with Crippen LogP contribution in [0.15, 0.2) is 322 Å². The number of carbonyl (C=O) groups is 7. The number of halogens is 4. The molecule has 0 saturated carbocycles. The number of para-hydroxylation sites is 3. The molecule has 16 rings (SSSR count). The Morgan fingerprint density at radius 3 is 1.01 bits per heavy atom. The first kappa shape index (κ1) is 103. The van der Waals surface area contributed by atoms with Gasteiger partial charge in [0.15, 0.2) is 23.0 Å². The fourth-order valence-corrected chi connectivity index (χ4v) is 15.2. The van der Waals surface area contributed by atoms with E-state index in [1.54, 1.807) is 213 Å². The number of nitro groups is 1. The molecule has 0 aliphatic carbocycles. The van der Waals surface area contributed by atoms with E-state index in [1.807, 2.05) is 77.1 Å². The van der Waals surface area contributed by atoms with Gasteiger partial charge in [0, 0.05) is 99.4 Å². The lowest BCUT2D eigenvalue weighted by Gasteiger charge is -2.14. The standard InChI is InChI=1S/C40H31Cl2N5O5.C34H28Cl2N4O3.C31H23N5O6.3CH4/c1-22-17-27(41)11-14-32(22)44-39(50)24-9-13-30-26(19-24)20-31(40(51)45-33-15-12-28(42)18-23(33)2)37(48)36(30)47-46-34-21-25(10-16-35(34)52-3)38(49)43-29-7-5-4-6-8-29;1-18-5-11-28(20(3)13-18)37-33(42)22-7-9-25-23(15-22)16-26(34(43)38-29-12-6-19(2)14-21(29)4)32(41)31(25)40-39-30-17-24(35)8-10-27(30)36;1-42-27-18-23(36(40)41)13-15-26(27)34-35-28-24-14-12-19(30(38)32-21-8-4-2-5-9-21)16-20(24)17-25(29(28)37)31(39)33-22-10-6-3-7-11-22;;;/h4-21,48H,1-3H3,(H,43,49)(H,44,50)(H,45,51);5-17,41H,1-4H3,(H,37,42)(H,38,43);2-18,37H,1H3,(H,32,38)(H,33,39);3*1H4. The molecule has 28 nitrogen and oxygen atoms in total. The van der Waals surface area contributed by atoms with Gasteiger partial charge in [0.2, 0.25) is 0 Å². The van der Waals surface area contributed by atoms with Crippen molar-refractivity contribution in [2.75, 3.05) is 51.4 Å². The SMILES string of the molecule is C.C.C.COc1cc([N+](=O)[O-])ccc1N=Nc1c(O)c(C(=O)Nc2ccccc2)cc2cc(C(=O)Nc3ccccc3)ccc12.COc1ccc(C(=O)Nc2ccccc2)cc1N=Nc1c(O)c(C(=O)Nc2ccc(Cl)cc2C)cc2cc(C(=O)Nc3ccc(Cl)cc3C)ccc12.Cc1ccc(NC(=O)c2ccc3c(N=Nc4cc(Cl)ccc4Cl)c(O)c(C(=O)Nc4ccc(C)cc4C)cc3c2)c(C)c1. The maximum Gasteiger partial charge on any atom is 0.273 e. The number of azo groups is 3. The van der Waals surface area contributed by atoms with Gasteiger partial charge in [-0.15, -0.1) is 30.7 Å². The van der Waals surface area contributed by atoms with Crippen LogP contribution in [-0.4, -0.2) is 75.8 Å². The molecule has 708 valence electrons. The number of aryl methyl sites for hydroxylation is 6. The highest BCUT2D eigenvalue weighted by molar-refractivity contribution is 6.35. The molecule has 0 fully saturated rings. The number of ether oxygens (including phenoxy) is 2. The van der Waals surface area contributed by atoms with Gasteiger partial charge in [-0.05, 0) is 262 Å². The summed E-state index contributed by atoms with van der Waals surface area (Å²) in [6.45, 7) is 11.4. The first-order valence-electron chi connectivity index (χ1n) is 42.0. The third-order valence-electron chi connectivity index (χ3n) is 21.5. The molecular weight excluding hydrogens is 1860 g/mol. The first-order chi connectivity index (χ1) is 65.8. The summed E-state index contributed by atoms with van der Waals surface area (Å²) >= 11 is 24.6. The molecule has 10 N–H and O–H groups in total. The molecule has 0 bridgehead atoms. The predicted octanol–water partition coefficient (Wildman–Crippen LogP) is 29.9. The Kier molecular flexibility index (Phi) is 34.3. The average molecular weight is 1950 g/mol. The highest BCUT2D eigenvalue weighted by Crippen LogP contribution is 2.46. The van der Waals surface area contributed by atoms with Gasteiger partial charge >= 0.3 is 0 Å². The van der Waals surface area contributed by atoms with E-state index in [2.05, 4.69) is 67.9 Å². The fraction of sp³-hybridized carbons (Fsp3) is 0.102. The summed E-state index contributed by atoms with van der Waals surface area (Å²) in [5.41, 5.74) is 10.9. The second-order valence-corrected chi connectivity index (χ2v) is 32.9. The number of aromatic hydroxyl groups is 3. The Hall–Kier alpha value is -17.1. The van der Waals surface area contributed by atoms with Crippen molar-refractivity contribution in [3.63, 3.8) is 0 Å². The number of phenolic OH excluding ortho intramolecular Hbond substituents is 3. The maximum atomic E-state index is 13.7. The minimum atomic E-state index is -0.634. The Morgan fingerprint density at radius 1 is 0.307 bits per heavy atom. The smallest absolute Gasteiger partial charge is 0.273 e. The molecule has 16 aromatic carbocycles. The van der Waals surface area contributed by atoms with Gasteiger partial charge in [-0.1, -0.05) is 177 Å². The predicted molar refractivity (Wildman–Crippen MR) is 558 cm³/mol. The van der Waals surface area contributed by atoms with E-state index >= 15 is 0 Å². The number of carbonyl (C=O) groups excluding carboxylic acids is 7. The van der Waals surface area contributed by atoms with Crippen LogP contribution in [0.1, 0.15) is 128 Å². The van der Waals surface area contributed by atoms with Crippen LogP contribution in [0.2, 0.25) is 20.1 Å². The summed E-state index contributed by atoms with van der Waals surface area (Å²) in [5.74, 6) is -4.12. The number of amides is 7. The van der Waals surface area contributed by atoms with Gasteiger partial charge in [-0.3, -0.25) is 43.7 Å². The van der Waals surface area contributed by atoms with Crippen LogP contribution in [-0.2, 0) is 0 Å². The molecule has 0 radical (unpaired) electrons. The molecule has 0 aliphatic heterocycles. The Bertz CT molecular complexity index is 7600. The number of hydrogen-bond donors (Lipinski definition) is 10. The number of phenols is 3. The second kappa shape index (κ2) is 46.5. The van der Waals surface area contributed by atoms with E-state index in [4.69, 9.17) is 55.9 Å². The van der Waals surface area contributed by atoms with Gasteiger partial charge in [-0.2, -0.15) is 0 Å². The number of anilines is 7. The molecule has 16 aromatic rings. The fourth-order valence-electron chi connectivity index (χ4n) is 14.4. The molecule has 140 heavy (non-hydrogen) atoms. The molecule has 0 atom stereocenters. The lowest BCUT2D eigenvalue weighted by atomic mass is 10.00. The van der Waals surface area contributed by atoms with E-state index in [0.717, 1.165) is 27.8 Å². The van der Waals surface area contributed by atoms with Crippen LogP contribution < -0.4 is 46.7 Å². The monoisotopic (exact) mass is 1950 g/mol. The van der Waals surface area contributed by atoms with Gasteiger partial charge in [-0.25, -0.2) is 0 Å². The van der Waals surface area contributed by atoms with Crippen molar-refractivity contribution >= 4 is 200 Å². The Balaban J connectivity index is 0.000000200. The molecular formula is C108H94Cl4N14O14. The number of nitrogens with one attached hydrogen (secondary N) is 7. The normalized spacial score (nSPS) is 10.8. The maximum absolute atomic E-state index is 13.7. The minimum absolute atomic E-state index is 0. The number of non-ortho nitro benzene ring substituents is 1. The number of hydrogen-bond acceptors (Lipinski definition) is 20. The van der Waals surface area contributed by atoms with Crippen molar-refractivity contribution < 1.29 is 63.3 Å². The number of nitrogens with zero attached hydrogens (tertiary/aromatic N) is 7. The lowest BCUT2D eigenvalue weighted by molar-refractivity contribution is -0.384. The van der Waals surface area contributed by atoms with Crippen molar-refractivity contribution in [2.24, 2.45) is 30.7 Å². The van der Waals surface area contributed by atoms with E-state index in [1.165, 1.54) is 56.7 Å². The average Bonchev–Trinajstić information content (AvgIpc) is 0.774. The zero-order valence-corrected chi connectivity index (χ0v) is 77.2. The Morgan fingerprint density at radius 2 is 0.629 bits per heavy atom. The largest absolute Gasteiger partial charge is 0.505 e. The number of rotatable bonds is 23. The van der Waals surface area contributed by atoms with Crippen LogP contribution in [0.25, 0.3) is 32.3 Å². The topological polar surface area (TPSA) is 400 Å². The van der Waals surface area contributed by atoms with Crippen LogP contribution in [0, 0.1) is 51.7 Å². The first-order valence-corrected chi connectivity index (χ1v) is 43.5.